The van der Waals surface area contributed by atoms with Gasteiger partial charge in [-0.15, -0.1) is 24.0 Å². The van der Waals surface area contributed by atoms with Crippen molar-refractivity contribution in [2.75, 3.05) is 25.4 Å². The van der Waals surface area contributed by atoms with E-state index in [1.165, 1.54) is 18.6 Å². The first-order chi connectivity index (χ1) is 8.72. The van der Waals surface area contributed by atoms with Gasteiger partial charge in [0.15, 0.2) is 5.96 Å². The molecule has 1 saturated heterocycles. The van der Waals surface area contributed by atoms with Gasteiger partial charge in [0.1, 0.15) is 0 Å². The summed E-state index contributed by atoms with van der Waals surface area (Å²) in [5.74, 6) is 2.14. The van der Waals surface area contributed by atoms with Gasteiger partial charge in [-0.05, 0) is 44.8 Å². The minimum atomic E-state index is -0.523. The molecule has 0 aromatic carbocycles. The van der Waals surface area contributed by atoms with Crippen LogP contribution in [-0.4, -0.2) is 47.3 Å². The smallest absolute Gasteiger partial charge is 0.191 e. The molecule has 0 aromatic heterocycles. The molecular formula is C13H26IN3OS. The van der Waals surface area contributed by atoms with E-state index in [9.17, 15) is 5.11 Å². The maximum Gasteiger partial charge on any atom is 0.191 e. The zero-order valence-corrected chi connectivity index (χ0v) is 14.8. The van der Waals surface area contributed by atoms with Gasteiger partial charge >= 0.3 is 0 Å². The molecule has 1 atom stereocenters. The fourth-order valence-electron chi connectivity index (χ4n) is 2.33. The summed E-state index contributed by atoms with van der Waals surface area (Å²) in [5, 5.41) is 17.4. The van der Waals surface area contributed by atoms with Gasteiger partial charge in [0.25, 0.3) is 0 Å². The van der Waals surface area contributed by atoms with Crippen molar-refractivity contribution >= 4 is 41.7 Å². The molecule has 1 aliphatic heterocycles. The number of thioether (sulfide) groups is 1. The molecule has 2 fully saturated rings. The third-order valence-electron chi connectivity index (χ3n) is 3.68. The third kappa shape index (κ3) is 5.67. The van der Waals surface area contributed by atoms with E-state index in [4.69, 9.17) is 0 Å². The number of aliphatic imine (C=N–C) groups is 1. The average molecular weight is 399 g/mol. The van der Waals surface area contributed by atoms with Crippen LogP contribution in [-0.2, 0) is 0 Å². The third-order valence-corrected chi connectivity index (χ3v) is 5.08. The van der Waals surface area contributed by atoms with Gasteiger partial charge in [0.2, 0.25) is 0 Å². The summed E-state index contributed by atoms with van der Waals surface area (Å²) in [6.07, 6.45) is 5.57. The Bertz CT molecular complexity index is 292. The lowest BCUT2D eigenvalue weighted by atomic mass is 9.80. The second-order valence-corrected chi connectivity index (χ2v) is 6.70. The van der Waals surface area contributed by atoms with Crippen LogP contribution in [0.1, 0.15) is 39.0 Å². The van der Waals surface area contributed by atoms with E-state index < -0.39 is 5.60 Å². The van der Waals surface area contributed by atoms with Crippen LogP contribution >= 0.6 is 35.7 Å². The van der Waals surface area contributed by atoms with Crippen LogP contribution < -0.4 is 10.6 Å². The maximum absolute atomic E-state index is 10.0. The van der Waals surface area contributed by atoms with E-state index in [1.807, 2.05) is 11.8 Å². The van der Waals surface area contributed by atoms with Crippen molar-refractivity contribution in [2.24, 2.45) is 4.99 Å². The first-order valence-corrected chi connectivity index (χ1v) is 8.13. The van der Waals surface area contributed by atoms with Crippen LogP contribution in [0.2, 0.25) is 0 Å². The zero-order chi connectivity index (χ0) is 12.8. The highest BCUT2D eigenvalue weighted by Crippen LogP contribution is 2.31. The summed E-state index contributed by atoms with van der Waals surface area (Å²) < 4.78 is 0. The van der Waals surface area contributed by atoms with Gasteiger partial charge in [-0.3, -0.25) is 4.99 Å². The standard InChI is InChI=1S/C13H25N3OS.HI/c1-2-14-12(15-9-11-5-3-8-18-11)16-10-13(17)6-4-7-13;/h11,17H,2-10H2,1H3,(H2,14,15,16);1H. The molecule has 19 heavy (non-hydrogen) atoms. The van der Waals surface area contributed by atoms with E-state index in [-0.39, 0.29) is 24.0 Å². The van der Waals surface area contributed by atoms with Crippen molar-refractivity contribution in [3.63, 3.8) is 0 Å². The summed E-state index contributed by atoms with van der Waals surface area (Å²) >= 11 is 2.05. The molecule has 0 amide bonds. The molecule has 1 saturated carbocycles. The SMILES string of the molecule is CCNC(=NCC1(O)CCC1)NCC1CCCS1.I. The van der Waals surface area contributed by atoms with Crippen molar-refractivity contribution < 1.29 is 5.11 Å². The van der Waals surface area contributed by atoms with Crippen LogP contribution in [0, 0.1) is 0 Å². The molecule has 2 rings (SSSR count). The Morgan fingerprint density at radius 2 is 2.16 bits per heavy atom. The fraction of sp³-hybridized carbons (Fsp3) is 0.923. The van der Waals surface area contributed by atoms with Gasteiger partial charge < -0.3 is 15.7 Å². The number of nitrogens with one attached hydrogen (secondary N) is 2. The van der Waals surface area contributed by atoms with E-state index in [0.717, 1.165) is 43.6 Å². The minimum absolute atomic E-state index is 0. The van der Waals surface area contributed by atoms with Crippen LogP contribution in [0.15, 0.2) is 4.99 Å². The van der Waals surface area contributed by atoms with Crippen LogP contribution in [0.25, 0.3) is 0 Å². The lowest BCUT2D eigenvalue weighted by molar-refractivity contribution is -0.0236. The summed E-state index contributed by atoms with van der Waals surface area (Å²) in [5.41, 5.74) is -0.523. The number of hydrogen-bond acceptors (Lipinski definition) is 3. The summed E-state index contributed by atoms with van der Waals surface area (Å²) in [4.78, 5) is 4.50. The molecule has 1 unspecified atom stereocenters. The molecule has 0 spiro atoms. The quantitative estimate of drug-likeness (QED) is 0.376. The Kier molecular flexibility index (Phi) is 7.83. The van der Waals surface area contributed by atoms with E-state index in [1.54, 1.807) is 0 Å². The molecule has 3 N–H and O–H groups in total. The maximum atomic E-state index is 10.0. The van der Waals surface area contributed by atoms with Crippen LogP contribution in [0.3, 0.4) is 0 Å². The Morgan fingerprint density at radius 1 is 1.37 bits per heavy atom. The van der Waals surface area contributed by atoms with Gasteiger partial charge in [0.05, 0.1) is 12.1 Å². The topological polar surface area (TPSA) is 56.7 Å². The van der Waals surface area contributed by atoms with E-state index >= 15 is 0 Å². The second-order valence-electron chi connectivity index (χ2n) is 5.29. The summed E-state index contributed by atoms with van der Waals surface area (Å²) in [7, 11) is 0. The molecular weight excluding hydrogens is 373 g/mol. The summed E-state index contributed by atoms with van der Waals surface area (Å²) in [6, 6.07) is 0. The first kappa shape index (κ1) is 17.4. The lowest BCUT2D eigenvalue weighted by Crippen LogP contribution is -2.44. The van der Waals surface area contributed by atoms with Gasteiger partial charge in [-0.2, -0.15) is 11.8 Å². The van der Waals surface area contributed by atoms with Gasteiger partial charge in [-0.1, -0.05) is 0 Å². The molecule has 0 aromatic rings. The zero-order valence-electron chi connectivity index (χ0n) is 11.7. The first-order valence-electron chi connectivity index (χ1n) is 7.08. The van der Waals surface area contributed by atoms with E-state index in [2.05, 4.69) is 22.5 Å². The monoisotopic (exact) mass is 399 g/mol. The average Bonchev–Trinajstić information content (AvgIpc) is 2.83. The number of halogens is 1. The number of nitrogens with zero attached hydrogens (tertiary/aromatic N) is 1. The Labute approximate surface area is 137 Å². The Morgan fingerprint density at radius 3 is 2.68 bits per heavy atom. The van der Waals surface area contributed by atoms with Crippen molar-refractivity contribution in [1.82, 2.24) is 10.6 Å². The molecule has 6 heteroatoms. The molecule has 2 aliphatic rings. The summed E-state index contributed by atoms with van der Waals surface area (Å²) in [6.45, 7) is 4.44. The predicted molar refractivity (Wildman–Crippen MR) is 93.7 cm³/mol. The number of rotatable bonds is 5. The van der Waals surface area contributed by atoms with Crippen LogP contribution in [0.4, 0.5) is 0 Å². The Balaban J connectivity index is 0.00000180. The molecule has 1 aliphatic carbocycles. The second kappa shape index (κ2) is 8.56. The Hall–Kier alpha value is 0.310. The number of guanidine groups is 1. The number of hydrogen-bond donors (Lipinski definition) is 3. The van der Waals surface area contributed by atoms with Gasteiger partial charge in [0, 0.05) is 18.3 Å². The highest BCUT2D eigenvalue weighted by Gasteiger charge is 2.34. The highest BCUT2D eigenvalue weighted by atomic mass is 127. The van der Waals surface area contributed by atoms with Crippen molar-refractivity contribution in [3.05, 3.63) is 0 Å². The van der Waals surface area contributed by atoms with E-state index in [0.29, 0.717) is 6.54 Å². The molecule has 0 bridgehead atoms. The van der Waals surface area contributed by atoms with Crippen molar-refractivity contribution in [2.45, 2.75) is 49.9 Å². The van der Waals surface area contributed by atoms with Gasteiger partial charge in [-0.25, -0.2) is 0 Å². The number of aliphatic hydroxyl groups is 1. The predicted octanol–water partition coefficient (Wildman–Crippen LogP) is 1.97. The molecule has 0 radical (unpaired) electrons. The highest BCUT2D eigenvalue weighted by molar-refractivity contribution is 14.0. The minimum Gasteiger partial charge on any atom is -0.388 e. The molecule has 1 heterocycles. The van der Waals surface area contributed by atoms with Crippen molar-refractivity contribution in [1.29, 1.82) is 0 Å². The molecule has 112 valence electrons. The largest absolute Gasteiger partial charge is 0.388 e. The lowest BCUT2D eigenvalue weighted by Gasteiger charge is -2.35. The van der Waals surface area contributed by atoms with Crippen molar-refractivity contribution in [3.8, 4) is 0 Å². The van der Waals surface area contributed by atoms with Crippen LogP contribution in [0.5, 0.6) is 0 Å². The normalized spacial score (nSPS) is 25.4. The fourth-order valence-corrected chi connectivity index (χ4v) is 3.53. The molecule has 4 nitrogen and oxygen atoms in total.